The van der Waals surface area contributed by atoms with Crippen molar-refractivity contribution >= 4 is 15.9 Å². The first kappa shape index (κ1) is 13.2. The summed E-state index contributed by atoms with van der Waals surface area (Å²) in [5.41, 5.74) is 2.25. The summed E-state index contributed by atoms with van der Waals surface area (Å²) in [7, 11) is 0. The van der Waals surface area contributed by atoms with Gasteiger partial charge in [0.05, 0.1) is 11.7 Å². The number of nitrogens with one attached hydrogen (secondary N) is 1. The number of rotatable bonds is 5. The summed E-state index contributed by atoms with van der Waals surface area (Å²) in [5.74, 6) is 0. The highest BCUT2D eigenvalue weighted by Crippen LogP contribution is 2.23. The monoisotopic (exact) mass is 305 g/mol. The van der Waals surface area contributed by atoms with E-state index < -0.39 is 0 Å². The number of halogens is 1. The number of likely N-dealkylation sites (N-methyl/N-ethyl adjacent to an activating group) is 1. The van der Waals surface area contributed by atoms with Crippen LogP contribution in [0.5, 0.6) is 0 Å². The lowest BCUT2D eigenvalue weighted by Crippen LogP contribution is -2.24. The van der Waals surface area contributed by atoms with Gasteiger partial charge in [-0.15, -0.1) is 0 Å². The zero-order valence-electron chi connectivity index (χ0n) is 10.3. The van der Waals surface area contributed by atoms with Gasteiger partial charge in [0.25, 0.3) is 0 Å². The number of pyridine rings is 2. The van der Waals surface area contributed by atoms with Crippen LogP contribution in [0.3, 0.4) is 0 Å². The third kappa shape index (κ3) is 3.37. The Kier molecular flexibility index (Phi) is 4.84. The predicted octanol–water partition coefficient (Wildman–Crippen LogP) is 3.13. The molecule has 0 aliphatic rings. The topological polar surface area (TPSA) is 37.8 Å². The second kappa shape index (κ2) is 6.61. The standard InChI is InChI=1S/C14H16BrN3/c1-2-17-13(9-11-5-3-7-16-10-11)14-12(15)6-4-8-18-14/h3-8,10,13,17H,2,9H2,1H3. The normalized spacial score (nSPS) is 12.3. The first-order valence-corrected chi connectivity index (χ1v) is 6.83. The largest absolute Gasteiger partial charge is 0.309 e. The first-order valence-electron chi connectivity index (χ1n) is 6.04. The highest BCUT2D eigenvalue weighted by molar-refractivity contribution is 9.10. The van der Waals surface area contributed by atoms with Gasteiger partial charge in [-0.3, -0.25) is 9.97 Å². The Morgan fingerprint density at radius 2 is 2.11 bits per heavy atom. The van der Waals surface area contributed by atoms with Crippen LogP contribution >= 0.6 is 15.9 Å². The molecular formula is C14H16BrN3. The first-order chi connectivity index (χ1) is 8.81. The van der Waals surface area contributed by atoms with Crippen LogP contribution in [0.4, 0.5) is 0 Å². The van der Waals surface area contributed by atoms with E-state index >= 15 is 0 Å². The summed E-state index contributed by atoms with van der Waals surface area (Å²) in [6, 6.07) is 8.21. The maximum Gasteiger partial charge on any atom is 0.0718 e. The van der Waals surface area contributed by atoms with Gasteiger partial charge in [-0.1, -0.05) is 13.0 Å². The Balaban J connectivity index is 2.21. The van der Waals surface area contributed by atoms with Gasteiger partial charge in [0.1, 0.15) is 0 Å². The number of hydrogen-bond acceptors (Lipinski definition) is 3. The van der Waals surface area contributed by atoms with E-state index in [0.717, 1.165) is 23.1 Å². The molecule has 2 aromatic rings. The second-order valence-corrected chi connectivity index (χ2v) is 4.90. The van der Waals surface area contributed by atoms with E-state index in [9.17, 15) is 0 Å². The molecule has 2 rings (SSSR count). The second-order valence-electron chi connectivity index (χ2n) is 4.05. The summed E-state index contributed by atoms with van der Waals surface area (Å²) in [6.45, 7) is 3.01. The quantitative estimate of drug-likeness (QED) is 0.922. The number of nitrogens with zero attached hydrogens (tertiary/aromatic N) is 2. The molecular weight excluding hydrogens is 290 g/mol. The summed E-state index contributed by atoms with van der Waals surface area (Å²) in [4.78, 5) is 8.62. The zero-order chi connectivity index (χ0) is 12.8. The maximum absolute atomic E-state index is 4.46. The molecule has 0 radical (unpaired) electrons. The van der Waals surface area contributed by atoms with Crippen LogP contribution in [0.2, 0.25) is 0 Å². The third-order valence-corrected chi connectivity index (χ3v) is 3.40. The lowest BCUT2D eigenvalue weighted by atomic mass is 10.0. The SMILES string of the molecule is CCNC(Cc1cccnc1)c1ncccc1Br. The molecule has 3 nitrogen and oxygen atoms in total. The Morgan fingerprint density at radius 1 is 1.28 bits per heavy atom. The van der Waals surface area contributed by atoms with Gasteiger partial charge in [-0.2, -0.15) is 0 Å². The molecule has 1 N–H and O–H groups in total. The lowest BCUT2D eigenvalue weighted by molar-refractivity contribution is 0.534. The van der Waals surface area contributed by atoms with Gasteiger partial charge in [-0.05, 0) is 52.7 Å². The summed E-state index contributed by atoms with van der Waals surface area (Å²) in [5, 5.41) is 3.47. The molecule has 0 amide bonds. The summed E-state index contributed by atoms with van der Waals surface area (Å²) >= 11 is 3.56. The van der Waals surface area contributed by atoms with Crippen molar-refractivity contribution < 1.29 is 0 Å². The Bertz CT molecular complexity index is 487. The van der Waals surface area contributed by atoms with Crippen LogP contribution in [0.1, 0.15) is 24.2 Å². The van der Waals surface area contributed by atoms with Gasteiger partial charge in [0, 0.05) is 23.1 Å². The zero-order valence-corrected chi connectivity index (χ0v) is 11.9. The minimum Gasteiger partial charge on any atom is -0.309 e. The molecule has 1 unspecified atom stereocenters. The van der Waals surface area contributed by atoms with Crippen molar-refractivity contribution in [3.63, 3.8) is 0 Å². The summed E-state index contributed by atoms with van der Waals surface area (Å²) < 4.78 is 1.04. The van der Waals surface area contributed by atoms with Crippen LogP contribution in [-0.4, -0.2) is 16.5 Å². The fourth-order valence-corrected chi connectivity index (χ4v) is 2.45. The predicted molar refractivity (Wildman–Crippen MR) is 76.3 cm³/mol. The van der Waals surface area contributed by atoms with Gasteiger partial charge in [-0.25, -0.2) is 0 Å². The molecule has 0 aliphatic heterocycles. The molecule has 2 aromatic heterocycles. The lowest BCUT2D eigenvalue weighted by Gasteiger charge is -2.18. The van der Waals surface area contributed by atoms with Crippen LogP contribution in [0, 0.1) is 0 Å². The van der Waals surface area contributed by atoms with Crippen molar-refractivity contribution in [2.45, 2.75) is 19.4 Å². The van der Waals surface area contributed by atoms with E-state index in [2.05, 4.69) is 44.2 Å². The van der Waals surface area contributed by atoms with Crippen molar-refractivity contribution in [1.29, 1.82) is 0 Å². The van der Waals surface area contributed by atoms with Gasteiger partial charge in [0.15, 0.2) is 0 Å². The molecule has 0 bridgehead atoms. The molecule has 4 heteroatoms. The van der Waals surface area contributed by atoms with Crippen LogP contribution in [0.25, 0.3) is 0 Å². The minimum absolute atomic E-state index is 0.203. The van der Waals surface area contributed by atoms with Crippen LogP contribution in [-0.2, 0) is 6.42 Å². The molecule has 0 spiro atoms. The summed E-state index contributed by atoms with van der Waals surface area (Å²) in [6.07, 6.45) is 6.41. The van der Waals surface area contributed by atoms with Crippen LogP contribution in [0.15, 0.2) is 47.3 Å². The Labute approximate surface area is 116 Å². The van der Waals surface area contributed by atoms with Crippen molar-refractivity contribution in [1.82, 2.24) is 15.3 Å². The van der Waals surface area contributed by atoms with E-state index in [1.165, 1.54) is 5.56 Å². The Hall–Kier alpha value is -1.26. The average molecular weight is 306 g/mol. The van der Waals surface area contributed by atoms with Crippen molar-refractivity contribution in [2.24, 2.45) is 0 Å². The highest BCUT2D eigenvalue weighted by atomic mass is 79.9. The van der Waals surface area contributed by atoms with Gasteiger partial charge >= 0.3 is 0 Å². The highest BCUT2D eigenvalue weighted by Gasteiger charge is 2.15. The van der Waals surface area contributed by atoms with Gasteiger partial charge in [0.2, 0.25) is 0 Å². The van der Waals surface area contributed by atoms with Crippen molar-refractivity contribution in [2.75, 3.05) is 6.54 Å². The molecule has 0 saturated heterocycles. The average Bonchev–Trinajstić information content (AvgIpc) is 2.40. The van der Waals surface area contributed by atoms with Crippen molar-refractivity contribution in [3.05, 3.63) is 58.6 Å². The molecule has 2 heterocycles. The molecule has 94 valence electrons. The van der Waals surface area contributed by atoms with E-state index in [-0.39, 0.29) is 6.04 Å². The van der Waals surface area contributed by atoms with E-state index in [1.54, 1.807) is 6.20 Å². The maximum atomic E-state index is 4.46. The molecule has 18 heavy (non-hydrogen) atoms. The number of aromatic nitrogens is 2. The third-order valence-electron chi connectivity index (χ3n) is 2.73. The fraction of sp³-hybridized carbons (Fsp3) is 0.286. The van der Waals surface area contributed by atoms with E-state index in [1.807, 2.05) is 30.6 Å². The molecule has 0 aromatic carbocycles. The molecule has 0 fully saturated rings. The van der Waals surface area contributed by atoms with Crippen molar-refractivity contribution in [3.8, 4) is 0 Å². The Morgan fingerprint density at radius 3 is 2.78 bits per heavy atom. The van der Waals surface area contributed by atoms with E-state index in [0.29, 0.717) is 0 Å². The molecule has 0 aliphatic carbocycles. The van der Waals surface area contributed by atoms with Gasteiger partial charge < -0.3 is 5.32 Å². The molecule has 1 atom stereocenters. The number of hydrogen-bond donors (Lipinski definition) is 1. The molecule has 0 saturated carbocycles. The van der Waals surface area contributed by atoms with E-state index in [4.69, 9.17) is 0 Å². The smallest absolute Gasteiger partial charge is 0.0718 e. The van der Waals surface area contributed by atoms with Crippen LogP contribution < -0.4 is 5.32 Å². The fourth-order valence-electron chi connectivity index (χ4n) is 1.92. The minimum atomic E-state index is 0.203.